The number of rotatable bonds is 4. The van der Waals surface area contributed by atoms with Gasteiger partial charge in [-0.05, 0) is 29.8 Å². The molecule has 0 aliphatic carbocycles. The monoisotopic (exact) mass is 329 g/mol. The van der Waals surface area contributed by atoms with Gasteiger partial charge in [0.05, 0.1) is 12.1 Å². The Morgan fingerprint density at radius 3 is 2.78 bits per heavy atom. The van der Waals surface area contributed by atoms with Crippen LogP contribution in [-0.4, -0.2) is 15.7 Å². The van der Waals surface area contributed by atoms with E-state index in [-0.39, 0.29) is 12.3 Å². The smallest absolute Gasteiger partial charge is 0.230 e. The molecule has 4 nitrogen and oxygen atoms in total. The summed E-state index contributed by atoms with van der Waals surface area (Å²) in [4.78, 5) is 12.0. The average Bonchev–Trinajstić information content (AvgIpc) is 2.98. The number of carbonyl (C=O) groups excluding carboxylic acids is 1. The van der Waals surface area contributed by atoms with Crippen LogP contribution in [-0.2, 0) is 11.2 Å². The van der Waals surface area contributed by atoms with Crippen molar-refractivity contribution in [2.75, 3.05) is 5.32 Å². The molecule has 0 unspecified atom stereocenters. The summed E-state index contributed by atoms with van der Waals surface area (Å²) in [5.74, 6) is -0.329. The second kappa shape index (κ2) is 6.62. The lowest BCUT2D eigenvalue weighted by atomic mass is 10.1. The molecule has 3 rings (SSSR count). The molecule has 6 heteroatoms. The maximum absolute atomic E-state index is 13.5. The molecule has 0 radical (unpaired) electrons. The highest BCUT2D eigenvalue weighted by Crippen LogP contribution is 2.16. The van der Waals surface area contributed by atoms with Crippen molar-refractivity contribution in [1.29, 1.82) is 0 Å². The summed E-state index contributed by atoms with van der Waals surface area (Å²) in [6.45, 7) is 0. The fourth-order valence-electron chi connectivity index (χ4n) is 2.15. The number of carbonyl (C=O) groups is 1. The first-order valence-corrected chi connectivity index (χ1v) is 7.34. The number of anilines is 1. The number of hydrogen-bond acceptors (Lipinski definition) is 2. The van der Waals surface area contributed by atoms with Gasteiger partial charge < -0.3 is 5.32 Å². The van der Waals surface area contributed by atoms with Crippen LogP contribution in [0.15, 0.2) is 60.8 Å². The molecule has 0 aliphatic heterocycles. The van der Waals surface area contributed by atoms with Gasteiger partial charge in [0, 0.05) is 17.3 Å². The number of aromatic nitrogens is 2. The van der Waals surface area contributed by atoms with Crippen LogP contribution in [0.1, 0.15) is 5.56 Å². The third-order valence-electron chi connectivity index (χ3n) is 3.24. The van der Waals surface area contributed by atoms with Gasteiger partial charge in [0.1, 0.15) is 5.82 Å². The van der Waals surface area contributed by atoms with E-state index >= 15 is 0 Å². The number of amides is 1. The molecule has 1 aromatic heterocycles. The zero-order chi connectivity index (χ0) is 16.2. The van der Waals surface area contributed by atoms with E-state index in [0.29, 0.717) is 16.4 Å². The third-order valence-corrected chi connectivity index (χ3v) is 3.47. The van der Waals surface area contributed by atoms with Gasteiger partial charge in [0.2, 0.25) is 5.91 Å². The zero-order valence-corrected chi connectivity index (χ0v) is 12.8. The molecule has 3 aromatic rings. The molecule has 0 atom stereocenters. The summed E-state index contributed by atoms with van der Waals surface area (Å²) in [5.41, 5.74) is 1.13. The van der Waals surface area contributed by atoms with Crippen LogP contribution in [0.4, 0.5) is 10.2 Å². The molecular weight excluding hydrogens is 317 g/mol. The fraction of sp³-hybridized carbons (Fsp3) is 0.0588. The van der Waals surface area contributed by atoms with E-state index in [0.717, 1.165) is 5.69 Å². The van der Waals surface area contributed by atoms with Gasteiger partial charge in [0.15, 0.2) is 5.82 Å². The Balaban J connectivity index is 1.69. The molecule has 1 amide bonds. The van der Waals surface area contributed by atoms with Crippen LogP contribution >= 0.6 is 11.6 Å². The first-order valence-electron chi connectivity index (χ1n) is 6.97. The van der Waals surface area contributed by atoms with Gasteiger partial charge in [-0.1, -0.05) is 35.9 Å². The van der Waals surface area contributed by atoms with Crippen LogP contribution in [0.5, 0.6) is 0 Å². The van der Waals surface area contributed by atoms with Gasteiger partial charge in [-0.15, -0.1) is 0 Å². The summed E-state index contributed by atoms with van der Waals surface area (Å²) < 4.78 is 15.1. The minimum atomic E-state index is -0.396. The lowest BCUT2D eigenvalue weighted by molar-refractivity contribution is -0.115. The van der Waals surface area contributed by atoms with Gasteiger partial charge >= 0.3 is 0 Å². The highest BCUT2D eigenvalue weighted by Gasteiger charge is 2.10. The minimum Gasteiger partial charge on any atom is -0.309 e. The second-order valence-electron chi connectivity index (χ2n) is 4.94. The maximum atomic E-state index is 13.5. The SMILES string of the molecule is O=C(Cc1ccccc1F)Nc1ccn(-c2cccc(Cl)c2)n1. The topological polar surface area (TPSA) is 46.9 Å². The standard InChI is InChI=1S/C17H13ClFN3O/c18-13-5-3-6-14(11-13)22-9-8-16(21-22)20-17(23)10-12-4-1-2-7-15(12)19/h1-9,11H,10H2,(H,20,21,23). The van der Waals surface area contributed by atoms with Crippen molar-refractivity contribution in [2.45, 2.75) is 6.42 Å². The summed E-state index contributed by atoms with van der Waals surface area (Å²) in [5, 5.41) is 7.51. The van der Waals surface area contributed by atoms with Crippen LogP contribution in [0, 0.1) is 5.82 Å². The quantitative estimate of drug-likeness (QED) is 0.790. The minimum absolute atomic E-state index is 0.0449. The largest absolute Gasteiger partial charge is 0.309 e. The first-order chi connectivity index (χ1) is 11.1. The lowest BCUT2D eigenvalue weighted by Gasteiger charge is -2.04. The summed E-state index contributed by atoms with van der Waals surface area (Å²) in [6.07, 6.45) is 1.67. The molecule has 0 fully saturated rings. The van der Waals surface area contributed by atoms with E-state index in [4.69, 9.17) is 11.6 Å². The molecule has 23 heavy (non-hydrogen) atoms. The Kier molecular flexibility index (Phi) is 4.39. The van der Waals surface area contributed by atoms with E-state index in [9.17, 15) is 9.18 Å². The van der Waals surface area contributed by atoms with E-state index in [1.165, 1.54) is 6.07 Å². The Morgan fingerprint density at radius 2 is 2.00 bits per heavy atom. The second-order valence-corrected chi connectivity index (χ2v) is 5.38. The summed E-state index contributed by atoms with van der Waals surface area (Å²) >= 11 is 5.94. The molecule has 0 bridgehead atoms. The van der Waals surface area contributed by atoms with Crippen LogP contribution < -0.4 is 5.32 Å². The average molecular weight is 330 g/mol. The number of nitrogens with zero attached hydrogens (tertiary/aromatic N) is 2. The zero-order valence-electron chi connectivity index (χ0n) is 12.0. The van der Waals surface area contributed by atoms with E-state index in [1.807, 2.05) is 12.1 Å². The van der Waals surface area contributed by atoms with Crippen molar-refractivity contribution in [1.82, 2.24) is 9.78 Å². The van der Waals surface area contributed by atoms with Crippen molar-refractivity contribution >= 4 is 23.3 Å². The van der Waals surface area contributed by atoms with Gasteiger partial charge in [-0.2, -0.15) is 5.10 Å². The highest BCUT2D eigenvalue weighted by atomic mass is 35.5. The van der Waals surface area contributed by atoms with Crippen LogP contribution in [0.25, 0.3) is 5.69 Å². The first kappa shape index (κ1) is 15.2. The predicted molar refractivity (Wildman–Crippen MR) is 87.3 cm³/mol. The fourth-order valence-corrected chi connectivity index (χ4v) is 2.34. The predicted octanol–water partition coefficient (Wildman–Crippen LogP) is 3.85. The Labute approximate surface area is 137 Å². The lowest BCUT2D eigenvalue weighted by Crippen LogP contribution is -2.15. The maximum Gasteiger partial charge on any atom is 0.230 e. The number of benzene rings is 2. The van der Waals surface area contributed by atoms with Crippen molar-refractivity contribution < 1.29 is 9.18 Å². The van der Waals surface area contributed by atoms with E-state index in [2.05, 4.69) is 10.4 Å². The molecule has 2 aromatic carbocycles. The molecule has 0 spiro atoms. The molecule has 0 aliphatic rings. The number of halogens is 2. The Bertz CT molecular complexity index is 847. The molecule has 1 N–H and O–H groups in total. The van der Waals surface area contributed by atoms with Crippen molar-refractivity contribution in [2.24, 2.45) is 0 Å². The number of hydrogen-bond donors (Lipinski definition) is 1. The van der Waals surface area contributed by atoms with Crippen molar-refractivity contribution in [3.8, 4) is 5.69 Å². The van der Waals surface area contributed by atoms with Gasteiger partial charge in [0.25, 0.3) is 0 Å². The Morgan fingerprint density at radius 1 is 1.17 bits per heavy atom. The Hall–Kier alpha value is -2.66. The van der Waals surface area contributed by atoms with E-state index < -0.39 is 5.82 Å². The van der Waals surface area contributed by atoms with E-state index in [1.54, 1.807) is 47.3 Å². The number of nitrogens with one attached hydrogen (secondary N) is 1. The van der Waals surface area contributed by atoms with Gasteiger partial charge in [-0.25, -0.2) is 9.07 Å². The third kappa shape index (κ3) is 3.76. The normalized spacial score (nSPS) is 10.5. The molecule has 116 valence electrons. The summed E-state index contributed by atoms with van der Waals surface area (Å²) in [6, 6.07) is 15.1. The van der Waals surface area contributed by atoms with Crippen molar-refractivity contribution in [3.05, 3.63) is 77.2 Å². The highest BCUT2D eigenvalue weighted by molar-refractivity contribution is 6.30. The van der Waals surface area contributed by atoms with Crippen molar-refractivity contribution in [3.63, 3.8) is 0 Å². The van der Waals surface area contributed by atoms with Crippen LogP contribution in [0.3, 0.4) is 0 Å². The molecular formula is C17H13ClFN3O. The summed E-state index contributed by atoms with van der Waals surface area (Å²) in [7, 11) is 0. The van der Waals surface area contributed by atoms with Gasteiger partial charge in [-0.3, -0.25) is 4.79 Å². The van der Waals surface area contributed by atoms with Crippen LogP contribution in [0.2, 0.25) is 5.02 Å². The molecule has 0 saturated carbocycles. The molecule has 0 saturated heterocycles. The molecule has 1 heterocycles.